The van der Waals surface area contributed by atoms with E-state index in [0.29, 0.717) is 5.88 Å². The lowest BCUT2D eigenvalue weighted by molar-refractivity contribution is -0.0730. The summed E-state index contributed by atoms with van der Waals surface area (Å²) in [5.41, 5.74) is 0. The van der Waals surface area contributed by atoms with Crippen molar-refractivity contribution in [3.05, 3.63) is 18.3 Å². The lowest BCUT2D eigenvalue weighted by Gasteiger charge is -2.31. The summed E-state index contributed by atoms with van der Waals surface area (Å²) in [4.78, 5) is 7.25. The van der Waals surface area contributed by atoms with Gasteiger partial charge >= 0.3 is 0 Å². The topological polar surface area (TPSA) is 44.2 Å². The Hall–Kier alpha value is -1.23. The molecule has 1 aromatic rings. The molecular weight excluding hydrogens is 211 g/mol. The minimum absolute atomic E-state index is 0.0352. The molecule has 2 unspecified atom stereocenters. The van der Waals surface area contributed by atoms with Crippen LogP contribution in [0.4, 0.5) is 4.39 Å². The van der Waals surface area contributed by atoms with Crippen molar-refractivity contribution < 1.29 is 13.9 Å². The van der Waals surface area contributed by atoms with Crippen molar-refractivity contribution >= 4 is 0 Å². The average Bonchev–Trinajstić information content (AvgIpc) is 2.15. The van der Waals surface area contributed by atoms with Crippen LogP contribution in [0.15, 0.2) is 12.4 Å². The molecule has 88 valence electrons. The molecule has 16 heavy (non-hydrogen) atoms. The number of halogens is 1. The Bertz CT molecular complexity index is 352. The largest absolute Gasteiger partial charge is 0.474 e. The van der Waals surface area contributed by atoms with Crippen LogP contribution in [0.5, 0.6) is 5.88 Å². The molecule has 5 heteroatoms. The van der Waals surface area contributed by atoms with Gasteiger partial charge < -0.3 is 9.47 Å². The first-order valence-corrected chi connectivity index (χ1v) is 5.43. The predicted octanol–water partition coefficient (Wildman–Crippen LogP) is 1.95. The molecule has 0 saturated carbocycles. The Labute approximate surface area is 93.8 Å². The van der Waals surface area contributed by atoms with E-state index in [1.54, 1.807) is 0 Å². The zero-order chi connectivity index (χ0) is 11.5. The minimum atomic E-state index is -0.571. The van der Waals surface area contributed by atoms with Crippen molar-refractivity contribution in [2.45, 2.75) is 45.0 Å². The van der Waals surface area contributed by atoms with E-state index in [0.717, 1.165) is 19.2 Å². The van der Waals surface area contributed by atoms with E-state index in [-0.39, 0.29) is 18.3 Å². The van der Waals surface area contributed by atoms with Gasteiger partial charge in [-0.1, -0.05) is 0 Å². The fraction of sp³-hybridized carbons (Fsp3) is 0.636. The third kappa shape index (κ3) is 2.88. The molecule has 0 radical (unpaired) electrons. The van der Waals surface area contributed by atoms with Gasteiger partial charge in [-0.25, -0.2) is 9.97 Å². The van der Waals surface area contributed by atoms with E-state index in [1.165, 1.54) is 6.07 Å². The minimum Gasteiger partial charge on any atom is -0.474 e. The Morgan fingerprint density at radius 2 is 2.00 bits per heavy atom. The van der Waals surface area contributed by atoms with Gasteiger partial charge in [0.05, 0.1) is 18.3 Å². The molecule has 1 aliphatic rings. The first-order valence-electron chi connectivity index (χ1n) is 5.43. The van der Waals surface area contributed by atoms with Crippen molar-refractivity contribution in [1.29, 1.82) is 0 Å². The summed E-state index contributed by atoms with van der Waals surface area (Å²) < 4.78 is 24.0. The zero-order valence-corrected chi connectivity index (χ0v) is 9.39. The molecule has 0 amide bonds. The van der Waals surface area contributed by atoms with E-state index < -0.39 is 5.95 Å². The summed E-state index contributed by atoms with van der Waals surface area (Å²) in [6, 6.07) is 1.20. The van der Waals surface area contributed by atoms with Crippen molar-refractivity contribution in [2.24, 2.45) is 0 Å². The molecule has 1 aliphatic heterocycles. The normalized spacial score (nSPS) is 30.1. The molecule has 0 bridgehead atoms. The molecule has 4 nitrogen and oxygen atoms in total. The summed E-state index contributed by atoms with van der Waals surface area (Å²) in [5.74, 6) is -0.281. The highest BCUT2D eigenvalue weighted by Gasteiger charge is 2.26. The van der Waals surface area contributed by atoms with Gasteiger partial charge in [0.25, 0.3) is 0 Å². The summed E-state index contributed by atoms with van der Waals surface area (Å²) >= 11 is 0. The predicted molar refractivity (Wildman–Crippen MR) is 55.6 cm³/mol. The number of nitrogens with zero attached hydrogens (tertiary/aromatic N) is 2. The zero-order valence-electron chi connectivity index (χ0n) is 9.39. The first-order chi connectivity index (χ1) is 7.63. The number of hydrogen-bond acceptors (Lipinski definition) is 4. The molecule has 0 spiro atoms. The second-order valence-corrected chi connectivity index (χ2v) is 4.15. The first kappa shape index (κ1) is 11.3. The summed E-state index contributed by atoms with van der Waals surface area (Å²) in [6.07, 6.45) is 3.14. The van der Waals surface area contributed by atoms with E-state index in [1.807, 2.05) is 13.8 Å². The molecule has 0 N–H and O–H groups in total. The van der Waals surface area contributed by atoms with Crippen LogP contribution in [-0.4, -0.2) is 28.3 Å². The van der Waals surface area contributed by atoms with Crippen molar-refractivity contribution in [3.63, 3.8) is 0 Å². The molecule has 0 aromatic carbocycles. The lowest BCUT2D eigenvalue weighted by Crippen LogP contribution is -2.35. The van der Waals surface area contributed by atoms with Crippen LogP contribution in [-0.2, 0) is 4.74 Å². The van der Waals surface area contributed by atoms with Crippen LogP contribution >= 0.6 is 0 Å². The Kier molecular flexibility index (Phi) is 3.33. The van der Waals surface area contributed by atoms with E-state index in [2.05, 4.69) is 9.97 Å². The fourth-order valence-electron chi connectivity index (χ4n) is 1.99. The fourth-order valence-corrected chi connectivity index (χ4v) is 1.99. The number of hydrogen-bond donors (Lipinski definition) is 0. The monoisotopic (exact) mass is 226 g/mol. The smallest absolute Gasteiger partial charge is 0.219 e. The maximum Gasteiger partial charge on any atom is 0.219 e. The number of rotatable bonds is 2. The van der Waals surface area contributed by atoms with Gasteiger partial charge in [0.2, 0.25) is 11.8 Å². The van der Waals surface area contributed by atoms with E-state index >= 15 is 0 Å². The van der Waals surface area contributed by atoms with Crippen LogP contribution in [0.1, 0.15) is 26.7 Å². The van der Waals surface area contributed by atoms with Crippen LogP contribution in [0, 0.1) is 5.95 Å². The van der Waals surface area contributed by atoms with Gasteiger partial charge in [-0.3, -0.25) is 0 Å². The Morgan fingerprint density at radius 1 is 1.31 bits per heavy atom. The van der Waals surface area contributed by atoms with Crippen LogP contribution in [0.2, 0.25) is 0 Å². The quantitative estimate of drug-likeness (QED) is 0.723. The lowest BCUT2D eigenvalue weighted by atomic mass is 10.0. The van der Waals surface area contributed by atoms with Crippen LogP contribution in [0.25, 0.3) is 0 Å². The van der Waals surface area contributed by atoms with Gasteiger partial charge in [-0.05, 0) is 13.8 Å². The standard InChI is InChI=1S/C11H15FN2O2/c1-7-3-9(4-8(2)15-7)16-11-5-10(12)13-6-14-11/h5-9H,3-4H2,1-2H3. The maximum atomic E-state index is 12.8. The van der Waals surface area contributed by atoms with E-state index in [9.17, 15) is 4.39 Å². The molecule has 2 rings (SSSR count). The summed E-state index contributed by atoms with van der Waals surface area (Å²) in [6.45, 7) is 4.01. The highest BCUT2D eigenvalue weighted by atomic mass is 19.1. The van der Waals surface area contributed by atoms with Crippen molar-refractivity contribution in [1.82, 2.24) is 9.97 Å². The number of aromatic nitrogens is 2. The molecule has 2 atom stereocenters. The maximum absolute atomic E-state index is 12.8. The molecular formula is C11H15FN2O2. The highest BCUT2D eigenvalue weighted by molar-refractivity contribution is 5.06. The van der Waals surface area contributed by atoms with Crippen molar-refractivity contribution in [2.75, 3.05) is 0 Å². The van der Waals surface area contributed by atoms with Gasteiger partial charge in [-0.15, -0.1) is 0 Å². The molecule has 1 saturated heterocycles. The molecule has 1 fully saturated rings. The van der Waals surface area contributed by atoms with E-state index in [4.69, 9.17) is 9.47 Å². The van der Waals surface area contributed by atoms with Gasteiger partial charge in [0.15, 0.2) is 0 Å². The molecule has 1 aromatic heterocycles. The van der Waals surface area contributed by atoms with Gasteiger partial charge in [-0.2, -0.15) is 4.39 Å². The van der Waals surface area contributed by atoms with Crippen LogP contribution < -0.4 is 4.74 Å². The van der Waals surface area contributed by atoms with Gasteiger partial charge in [0.1, 0.15) is 12.4 Å². The summed E-state index contributed by atoms with van der Waals surface area (Å²) in [7, 11) is 0. The van der Waals surface area contributed by atoms with Gasteiger partial charge in [0, 0.05) is 12.8 Å². The third-order valence-corrected chi connectivity index (χ3v) is 2.55. The second kappa shape index (κ2) is 4.74. The second-order valence-electron chi connectivity index (χ2n) is 4.15. The third-order valence-electron chi connectivity index (χ3n) is 2.55. The Balaban J connectivity index is 1.98. The molecule has 0 aliphatic carbocycles. The highest BCUT2D eigenvalue weighted by Crippen LogP contribution is 2.23. The Morgan fingerprint density at radius 3 is 2.62 bits per heavy atom. The number of ether oxygens (including phenoxy) is 2. The van der Waals surface area contributed by atoms with Crippen molar-refractivity contribution in [3.8, 4) is 5.88 Å². The molecule has 2 heterocycles. The SMILES string of the molecule is CC1CC(Oc2cc(F)ncn2)CC(C)O1. The van der Waals surface area contributed by atoms with Crippen LogP contribution in [0.3, 0.4) is 0 Å². The average molecular weight is 226 g/mol. The summed E-state index contributed by atoms with van der Waals surface area (Å²) in [5, 5.41) is 0.